The van der Waals surface area contributed by atoms with Gasteiger partial charge in [-0.2, -0.15) is 5.10 Å². The van der Waals surface area contributed by atoms with Crippen LogP contribution in [0, 0.1) is 12.7 Å². The van der Waals surface area contributed by atoms with E-state index in [1.165, 1.54) is 17.4 Å². The topological polar surface area (TPSA) is 81.0 Å². The average molecular weight is 690 g/mol. The van der Waals surface area contributed by atoms with Crippen LogP contribution >= 0.6 is 11.3 Å². The van der Waals surface area contributed by atoms with Crippen molar-refractivity contribution in [3.8, 4) is 33.1 Å². The first-order valence-electron chi connectivity index (χ1n) is 16.7. The van der Waals surface area contributed by atoms with Crippen LogP contribution in [0.4, 0.5) is 10.1 Å². The summed E-state index contributed by atoms with van der Waals surface area (Å²) in [5.41, 5.74) is 8.19. The fourth-order valence-corrected chi connectivity index (χ4v) is 7.83. The normalized spacial score (nSPS) is 12.2. The molecule has 1 aliphatic heterocycles. The monoisotopic (exact) mass is 689 g/mol. The van der Waals surface area contributed by atoms with E-state index in [1.807, 2.05) is 96.5 Å². The number of pyridine rings is 2. The number of carbonyl (C=O) groups excluding carboxylic acids is 2. The zero-order valence-electron chi connectivity index (χ0n) is 27.8. The van der Waals surface area contributed by atoms with Crippen molar-refractivity contribution in [2.45, 2.75) is 26.3 Å². The molecule has 0 N–H and O–H groups in total. The lowest BCUT2D eigenvalue weighted by atomic mass is 10.0. The molecule has 7 aromatic rings. The number of aromatic nitrogens is 4. The molecule has 7 nitrogen and oxygen atoms in total. The van der Waals surface area contributed by atoms with Gasteiger partial charge in [-0.1, -0.05) is 72.8 Å². The predicted octanol–water partition coefficient (Wildman–Crippen LogP) is 8.86. The molecule has 0 saturated heterocycles. The second kappa shape index (κ2) is 13.7. The van der Waals surface area contributed by atoms with Crippen LogP contribution in [0.1, 0.15) is 42.4 Å². The summed E-state index contributed by atoms with van der Waals surface area (Å²) in [5.74, 6) is -0.709. The Labute approximate surface area is 298 Å². The molecule has 51 heavy (non-hydrogen) atoms. The van der Waals surface area contributed by atoms with E-state index in [0.717, 1.165) is 49.8 Å². The van der Waals surface area contributed by atoms with Gasteiger partial charge in [-0.3, -0.25) is 19.3 Å². The second-order valence-corrected chi connectivity index (χ2v) is 13.5. The summed E-state index contributed by atoms with van der Waals surface area (Å²) in [4.78, 5) is 40.6. The van der Waals surface area contributed by atoms with Crippen LogP contribution in [-0.4, -0.2) is 38.0 Å². The van der Waals surface area contributed by atoms with Crippen molar-refractivity contribution in [1.29, 1.82) is 0 Å². The molecule has 1 aliphatic rings. The number of thiophene rings is 1. The number of hydrogen-bond donors (Lipinski definition) is 0. The number of hydrogen-bond acceptors (Lipinski definition) is 6. The van der Waals surface area contributed by atoms with Crippen LogP contribution < -0.4 is 4.90 Å². The van der Waals surface area contributed by atoms with Crippen molar-refractivity contribution in [2.75, 3.05) is 11.4 Å². The Morgan fingerprint density at radius 1 is 0.843 bits per heavy atom. The smallest absolute Gasteiger partial charge is 0.276 e. The molecule has 4 aromatic heterocycles. The molecule has 0 unspecified atom stereocenters. The number of halogens is 1. The quantitative estimate of drug-likeness (QED) is 0.149. The Balaban J connectivity index is 1.11. The zero-order chi connectivity index (χ0) is 34.9. The van der Waals surface area contributed by atoms with Crippen molar-refractivity contribution in [1.82, 2.24) is 19.7 Å². The van der Waals surface area contributed by atoms with Gasteiger partial charge in [0.05, 0.1) is 40.4 Å². The van der Waals surface area contributed by atoms with Crippen molar-refractivity contribution < 1.29 is 14.0 Å². The summed E-state index contributed by atoms with van der Waals surface area (Å²) < 4.78 is 16.5. The molecular weight excluding hydrogens is 658 g/mol. The Morgan fingerprint density at radius 2 is 1.63 bits per heavy atom. The van der Waals surface area contributed by atoms with Crippen molar-refractivity contribution in [3.05, 3.63) is 166 Å². The van der Waals surface area contributed by atoms with Crippen LogP contribution in [-0.2, 0) is 19.4 Å². The van der Waals surface area contributed by atoms with Gasteiger partial charge in [-0.15, -0.1) is 11.3 Å². The molecule has 0 radical (unpaired) electrons. The molecule has 0 spiro atoms. The van der Waals surface area contributed by atoms with E-state index < -0.39 is 0 Å². The highest BCUT2D eigenvalue weighted by Gasteiger charge is 2.29. The lowest BCUT2D eigenvalue weighted by Gasteiger charge is -2.23. The van der Waals surface area contributed by atoms with E-state index in [4.69, 9.17) is 10.1 Å². The van der Waals surface area contributed by atoms with Gasteiger partial charge in [0.1, 0.15) is 11.5 Å². The van der Waals surface area contributed by atoms with Crippen molar-refractivity contribution in [2.24, 2.45) is 0 Å². The van der Waals surface area contributed by atoms with Gasteiger partial charge >= 0.3 is 0 Å². The molecule has 0 aliphatic carbocycles. The summed E-state index contributed by atoms with van der Waals surface area (Å²) >= 11 is 1.40. The molecule has 0 bridgehead atoms. The fourth-order valence-electron chi connectivity index (χ4n) is 6.65. The summed E-state index contributed by atoms with van der Waals surface area (Å²) in [6, 6.07) is 35.9. The largest absolute Gasteiger partial charge is 0.306 e. The maximum atomic E-state index is 14.6. The van der Waals surface area contributed by atoms with Gasteiger partial charge in [0.15, 0.2) is 5.78 Å². The van der Waals surface area contributed by atoms with E-state index in [-0.39, 0.29) is 23.9 Å². The fraction of sp³-hybridized carbons (Fsp3) is 0.119. The summed E-state index contributed by atoms with van der Waals surface area (Å²) in [6.07, 6.45) is 4.09. The molecule has 0 atom stereocenters. The summed E-state index contributed by atoms with van der Waals surface area (Å²) in [7, 11) is 0. The first-order valence-corrected chi connectivity index (χ1v) is 17.6. The number of para-hydroxylation sites is 1. The number of aryl methyl sites for hydroxylation is 1. The van der Waals surface area contributed by atoms with Crippen LogP contribution in [0.2, 0.25) is 0 Å². The standard InChI is InChI=1S/C42H32FN5O2S/c1-27-11-9-15-33(43)31(27)24-38(49)39-23-29-20-22-47(37-19-6-5-14-30(37)41(29)51-39)42(50)36-18-10-17-34(46-36)32-25-45-48(26-28-12-3-2-4-13-28)40(32)35-16-7-8-21-44-35/h2-19,21,23,25H,20,22,24,26H2,1H3. The van der Waals surface area contributed by atoms with E-state index in [1.54, 1.807) is 29.4 Å². The van der Waals surface area contributed by atoms with Crippen LogP contribution in [0.3, 0.4) is 0 Å². The highest BCUT2D eigenvalue weighted by Crippen LogP contribution is 2.42. The molecular formula is C42H32FN5O2S. The first kappa shape index (κ1) is 32.2. The van der Waals surface area contributed by atoms with E-state index in [9.17, 15) is 14.0 Å². The van der Waals surface area contributed by atoms with Gasteiger partial charge in [-0.25, -0.2) is 9.37 Å². The number of rotatable bonds is 8. The Bertz CT molecular complexity index is 2380. The molecule has 1 amide bonds. The third-order valence-corrected chi connectivity index (χ3v) is 10.5. The van der Waals surface area contributed by atoms with E-state index in [2.05, 4.69) is 17.1 Å². The Morgan fingerprint density at radius 3 is 2.45 bits per heavy atom. The van der Waals surface area contributed by atoms with Crippen LogP contribution in [0.15, 0.2) is 128 Å². The number of benzene rings is 3. The van der Waals surface area contributed by atoms with Gasteiger partial charge in [0, 0.05) is 35.2 Å². The number of amides is 1. The highest BCUT2D eigenvalue weighted by molar-refractivity contribution is 7.17. The minimum absolute atomic E-state index is 0.000620. The SMILES string of the molecule is Cc1cccc(F)c1CC(=O)c1cc2c(s1)-c1ccccc1N(C(=O)c1cccc(-c3cnn(Cc4ccccc4)c3-c3ccccn3)n1)CC2. The number of fused-ring (bicyclic) bond motifs is 3. The predicted molar refractivity (Wildman–Crippen MR) is 199 cm³/mol. The molecule has 3 aromatic carbocycles. The number of anilines is 1. The third-order valence-electron chi connectivity index (χ3n) is 9.23. The minimum atomic E-state index is -0.368. The number of Topliss-reactive ketones (excluding diaryl/α,β-unsaturated/α-hetero) is 1. The summed E-state index contributed by atoms with van der Waals surface area (Å²) in [5, 5.41) is 4.74. The molecule has 250 valence electrons. The maximum absolute atomic E-state index is 14.6. The highest BCUT2D eigenvalue weighted by atomic mass is 32.1. The molecule has 0 fully saturated rings. The van der Waals surface area contributed by atoms with Gasteiger partial charge < -0.3 is 4.90 Å². The second-order valence-electron chi connectivity index (χ2n) is 12.5. The number of ketones is 1. The van der Waals surface area contributed by atoms with Gasteiger partial charge in [0.2, 0.25) is 0 Å². The number of nitrogens with zero attached hydrogens (tertiary/aromatic N) is 5. The van der Waals surface area contributed by atoms with Crippen molar-refractivity contribution in [3.63, 3.8) is 0 Å². The first-order chi connectivity index (χ1) is 24.9. The minimum Gasteiger partial charge on any atom is -0.306 e. The summed E-state index contributed by atoms with van der Waals surface area (Å²) in [6.45, 7) is 2.77. The number of carbonyl (C=O) groups is 2. The van der Waals surface area contributed by atoms with Crippen LogP contribution in [0.25, 0.3) is 33.1 Å². The molecule has 0 saturated carbocycles. The average Bonchev–Trinajstić information content (AvgIpc) is 3.75. The zero-order valence-corrected chi connectivity index (χ0v) is 28.6. The van der Waals surface area contributed by atoms with E-state index >= 15 is 0 Å². The van der Waals surface area contributed by atoms with Crippen molar-refractivity contribution >= 4 is 28.7 Å². The maximum Gasteiger partial charge on any atom is 0.276 e. The van der Waals surface area contributed by atoms with Gasteiger partial charge in [0.25, 0.3) is 5.91 Å². The Kier molecular flexibility index (Phi) is 8.63. The third kappa shape index (κ3) is 6.28. The Hall–Kier alpha value is -6.06. The van der Waals surface area contributed by atoms with Crippen LogP contribution in [0.5, 0.6) is 0 Å². The lowest BCUT2D eigenvalue weighted by molar-refractivity contribution is 0.0978. The molecule has 5 heterocycles. The van der Waals surface area contributed by atoms with E-state index in [0.29, 0.717) is 41.3 Å². The molecule has 9 heteroatoms. The lowest BCUT2D eigenvalue weighted by Crippen LogP contribution is -2.33. The molecule has 8 rings (SSSR count). The van der Waals surface area contributed by atoms with Gasteiger partial charge in [-0.05, 0) is 78.1 Å².